The Bertz CT molecular complexity index is 628. The summed E-state index contributed by atoms with van der Waals surface area (Å²) in [4.78, 5) is 3.25. The Morgan fingerprint density at radius 2 is 1.64 bits per heavy atom. The fraction of sp³-hybridized carbons (Fsp3) is 0.421. The summed E-state index contributed by atoms with van der Waals surface area (Å²) < 4.78 is 26.6. The van der Waals surface area contributed by atoms with Gasteiger partial charge in [0, 0.05) is 5.56 Å². The van der Waals surface area contributed by atoms with Crippen LogP contribution in [0.5, 0.6) is 0 Å². The fourth-order valence-corrected chi connectivity index (χ4v) is 3.47. The minimum absolute atomic E-state index is 0.350. The minimum Gasteiger partial charge on any atom is -0.190 e. The molecule has 1 aliphatic carbocycles. The van der Waals surface area contributed by atoms with E-state index >= 15 is 0 Å². The maximum atomic E-state index is 13.7. The van der Waals surface area contributed by atoms with Gasteiger partial charge in [-0.2, -0.15) is 13.8 Å². The lowest BCUT2D eigenvalue weighted by Gasteiger charge is -2.28. The molecule has 3 heteroatoms. The highest BCUT2D eigenvalue weighted by Crippen LogP contribution is 2.37. The zero-order chi connectivity index (χ0) is 15.5. The molecule has 1 fully saturated rings. The van der Waals surface area contributed by atoms with Crippen LogP contribution in [-0.2, 0) is 0 Å². The van der Waals surface area contributed by atoms with Gasteiger partial charge in [-0.05, 0) is 60.8 Å². The molecule has 2 aromatic rings. The SMILES string of the molecule is CCC1CCC(c2ccc(-c3ccc(F)nc3F)cc2)CC1. The first-order valence-corrected chi connectivity index (χ1v) is 8.09. The number of nitrogens with zero attached hydrogens (tertiary/aromatic N) is 1. The van der Waals surface area contributed by atoms with Gasteiger partial charge in [-0.25, -0.2) is 0 Å². The number of rotatable bonds is 3. The quantitative estimate of drug-likeness (QED) is 0.662. The second kappa shape index (κ2) is 6.55. The number of benzene rings is 1. The van der Waals surface area contributed by atoms with Crippen LogP contribution in [0.2, 0.25) is 0 Å². The summed E-state index contributed by atoms with van der Waals surface area (Å²) in [5.41, 5.74) is 2.42. The molecule has 1 nitrogen and oxygen atoms in total. The van der Waals surface area contributed by atoms with Gasteiger partial charge in [0.05, 0.1) is 0 Å². The van der Waals surface area contributed by atoms with E-state index in [2.05, 4.69) is 24.0 Å². The van der Waals surface area contributed by atoms with E-state index in [4.69, 9.17) is 0 Å². The highest BCUT2D eigenvalue weighted by molar-refractivity contribution is 5.63. The molecule has 0 atom stereocenters. The van der Waals surface area contributed by atoms with Gasteiger partial charge in [-0.1, -0.05) is 37.6 Å². The second-order valence-electron chi connectivity index (χ2n) is 6.22. The number of halogens is 2. The van der Waals surface area contributed by atoms with E-state index in [0.29, 0.717) is 11.5 Å². The van der Waals surface area contributed by atoms with Gasteiger partial charge in [0.15, 0.2) is 0 Å². The molecule has 0 saturated heterocycles. The van der Waals surface area contributed by atoms with E-state index < -0.39 is 11.9 Å². The van der Waals surface area contributed by atoms with Crippen molar-refractivity contribution in [1.82, 2.24) is 4.98 Å². The molecule has 1 aliphatic rings. The average Bonchev–Trinajstić information content (AvgIpc) is 2.55. The lowest BCUT2D eigenvalue weighted by molar-refractivity contribution is 0.319. The summed E-state index contributed by atoms with van der Waals surface area (Å²) in [6.07, 6.45) is 6.37. The van der Waals surface area contributed by atoms with Gasteiger partial charge >= 0.3 is 0 Å². The Hall–Kier alpha value is -1.77. The predicted molar refractivity (Wildman–Crippen MR) is 84.6 cm³/mol. The second-order valence-corrected chi connectivity index (χ2v) is 6.22. The van der Waals surface area contributed by atoms with Crippen LogP contribution in [0.4, 0.5) is 8.78 Å². The number of hydrogen-bond acceptors (Lipinski definition) is 1. The summed E-state index contributed by atoms with van der Waals surface area (Å²) in [5, 5.41) is 0. The van der Waals surface area contributed by atoms with Crippen molar-refractivity contribution in [3.63, 3.8) is 0 Å². The van der Waals surface area contributed by atoms with Crippen molar-refractivity contribution in [2.24, 2.45) is 5.92 Å². The molecular weight excluding hydrogens is 280 g/mol. The van der Waals surface area contributed by atoms with E-state index in [1.165, 1.54) is 49.8 Å². The molecule has 1 saturated carbocycles. The average molecular weight is 301 g/mol. The fourth-order valence-electron chi connectivity index (χ4n) is 3.47. The van der Waals surface area contributed by atoms with Crippen LogP contribution in [0.15, 0.2) is 36.4 Å². The highest BCUT2D eigenvalue weighted by atomic mass is 19.1. The molecule has 0 spiro atoms. The van der Waals surface area contributed by atoms with Crippen molar-refractivity contribution in [3.05, 3.63) is 53.9 Å². The Kier molecular flexibility index (Phi) is 4.51. The lowest BCUT2D eigenvalue weighted by atomic mass is 9.78. The van der Waals surface area contributed by atoms with E-state index in [0.717, 1.165) is 11.5 Å². The molecule has 22 heavy (non-hydrogen) atoms. The summed E-state index contributed by atoms with van der Waals surface area (Å²) in [7, 11) is 0. The Labute approximate surface area is 130 Å². The zero-order valence-corrected chi connectivity index (χ0v) is 12.9. The lowest BCUT2D eigenvalue weighted by Crippen LogP contribution is -2.12. The van der Waals surface area contributed by atoms with E-state index in [1.807, 2.05) is 12.1 Å². The summed E-state index contributed by atoms with van der Waals surface area (Å²) >= 11 is 0. The number of hydrogen-bond donors (Lipinski definition) is 0. The molecule has 0 bridgehead atoms. The van der Waals surface area contributed by atoms with Crippen molar-refractivity contribution >= 4 is 0 Å². The largest absolute Gasteiger partial charge is 0.223 e. The molecule has 3 rings (SSSR count). The summed E-state index contributed by atoms with van der Waals surface area (Å²) in [5.74, 6) is -0.0373. The first kappa shape index (κ1) is 15.1. The molecule has 0 unspecified atom stereocenters. The first-order valence-electron chi connectivity index (χ1n) is 8.09. The van der Waals surface area contributed by atoms with Crippen molar-refractivity contribution in [3.8, 4) is 11.1 Å². The predicted octanol–water partition coefficient (Wildman–Crippen LogP) is 5.71. The highest BCUT2D eigenvalue weighted by Gasteiger charge is 2.21. The first-order chi connectivity index (χ1) is 10.7. The molecule has 0 radical (unpaired) electrons. The van der Waals surface area contributed by atoms with Gasteiger partial charge in [0.25, 0.3) is 0 Å². The topological polar surface area (TPSA) is 12.9 Å². The maximum Gasteiger partial charge on any atom is 0.223 e. The van der Waals surface area contributed by atoms with Crippen LogP contribution < -0.4 is 0 Å². The standard InChI is InChI=1S/C19H21F2N/c1-2-13-3-5-14(6-4-13)15-7-9-16(10-8-15)17-11-12-18(20)22-19(17)21/h7-14H,2-6H2,1H3. The summed E-state index contributed by atoms with van der Waals surface area (Å²) in [6, 6.07) is 10.6. The van der Waals surface area contributed by atoms with Crippen LogP contribution in [0.1, 0.15) is 50.5 Å². The molecule has 1 aromatic carbocycles. The van der Waals surface area contributed by atoms with Crippen LogP contribution in [0, 0.1) is 17.8 Å². The zero-order valence-electron chi connectivity index (χ0n) is 12.9. The molecule has 0 N–H and O–H groups in total. The summed E-state index contributed by atoms with van der Waals surface area (Å²) in [6.45, 7) is 2.27. The van der Waals surface area contributed by atoms with Crippen molar-refractivity contribution < 1.29 is 8.78 Å². The smallest absolute Gasteiger partial charge is 0.190 e. The van der Waals surface area contributed by atoms with Crippen molar-refractivity contribution in [2.75, 3.05) is 0 Å². The van der Waals surface area contributed by atoms with Crippen LogP contribution in [0.25, 0.3) is 11.1 Å². The third-order valence-corrected chi connectivity index (χ3v) is 4.93. The van der Waals surface area contributed by atoms with Gasteiger partial charge < -0.3 is 0 Å². The van der Waals surface area contributed by atoms with E-state index in [-0.39, 0.29) is 0 Å². The molecule has 1 heterocycles. The van der Waals surface area contributed by atoms with Crippen molar-refractivity contribution in [1.29, 1.82) is 0 Å². The Balaban J connectivity index is 1.75. The molecule has 0 aliphatic heterocycles. The molecule has 1 aromatic heterocycles. The molecular formula is C19H21F2N. The Morgan fingerprint density at radius 1 is 0.955 bits per heavy atom. The van der Waals surface area contributed by atoms with E-state index in [9.17, 15) is 8.78 Å². The monoisotopic (exact) mass is 301 g/mol. The maximum absolute atomic E-state index is 13.7. The third kappa shape index (κ3) is 3.18. The van der Waals surface area contributed by atoms with Crippen molar-refractivity contribution in [2.45, 2.75) is 44.9 Å². The van der Waals surface area contributed by atoms with Crippen LogP contribution in [0.3, 0.4) is 0 Å². The normalized spacial score (nSPS) is 21.8. The number of pyridine rings is 1. The van der Waals surface area contributed by atoms with Crippen LogP contribution >= 0.6 is 0 Å². The van der Waals surface area contributed by atoms with Gasteiger partial charge in [-0.15, -0.1) is 0 Å². The number of aromatic nitrogens is 1. The molecule has 116 valence electrons. The van der Waals surface area contributed by atoms with Crippen LogP contribution in [-0.4, -0.2) is 4.98 Å². The molecule has 0 amide bonds. The minimum atomic E-state index is -0.787. The van der Waals surface area contributed by atoms with Gasteiger partial charge in [-0.3, -0.25) is 0 Å². The van der Waals surface area contributed by atoms with E-state index in [1.54, 1.807) is 0 Å². The Morgan fingerprint density at radius 3 is 2.23 bits per heavy atom. The van der Waals surface area contributed by atoms with Gasteiger partial charge in [0.2, 0.25) is 11.9 Å². The van der Waals surface area contributed by atoms with Gasteiger partial charge in [0.1, 0.15) is 0 Å². The third-order valence-electron chi connectivity index (χ3n) is 4.93.